The first-order chi connectivity index (χ1) is 8.27. The molecule has 1 aromatic rings. The number of hydrogen-bond donors (Lipinski definition) is 1. The second-order valence-electron chi connectivity index (χ2n) is 4.66. The summed E-state index contributed by atoms with van der Waals surface area (Å²) in [6, 6.07) is 8.81. The lowest BCUT2D eigenvalue weighted by molar-refractivity contribution is 0.174. The average molecular weight is 231 g/mol. The van der Waals surface area contributed by atoms with Gasteiger partial charge in [-0.15, -0.1) is 6.58 Å². The van der Waals surface area contributed by atoms with Gasteiger partial charge in [-0.2, -0.15) is 0 Å². The normalized spacial score (nSPS) is 16.6. The van der Waals surface area contributed by atoms with E-state index in [9.17, 15) is 5.11 Å². The summed E-state index contributed by atoms with van der Waals surface area (Å²) in [7, 11) is 0. The van der Waals surface area contributed by atoms with Crippen molar-refractivity contribution in [2.45, 2.75) is 38.3 Å². The standard InChI is InChI=1S/C15H21NO/c1-3-11-16(12-9-10-12)14-8-6-5-7-13(14)15(17)4-2/h3,5-8,12,15,17H,1,4,9-11H2,2H3/t15-/m1/s1. The number of aliphatic hydroxyl groups excluding tert-OH is 1. The molecule has 1 aliphatic carbocycles. The van der Waals surface area contributed by atoms with Gasteiger partial charge in [0.2, 0.25) is 0 Å². The summed E-state index contributed by atoms with van der Waals surface area (Å²) >= 11 is 0. The van der Waals surface area contributed by atoms with E-state index >= 15 is 0 Å². The van der Waals surface area contributed by atoms with Gasteiger partial charge in [0.1, 0.15) is 0 Å². The maximum absolute atomic E-state index is 10.1. The number of benzene rings is 1. The largest absolute Gasteiger partial charge is 0.388 e. The SMILES string of the molecule is C=CCN(c1ccccc1[C@H](O)CC)C1CC1. The summed E-state index contributed by atoms with van der Waals surface area (Å²) in [6.07, 6.45) is 4.84. The van der Waals surface area contributed by atoms with E-state index in [0.29, 0.717) is 6.04 Å². The van der Waals surface area contributed by atoms with E-state index in [1.165, 1.54) is 18.5 Å². The number of hydrogen-bond acceptors (Lipinski definition) is 2. The molecule has 2 nitrogen and oxygen atoms in total. The highest BCUT2D eigenvalue weighted by atomic mass is 16.3. The Morgan fingerprint density at radius 3 is 2.76 bits per heavy atom. The van der Waals surface area contributed by atoms with Crippen LogP contribution >= 0.6 is 0 Å². The predicted octanol–water partition coefficient (Wildman–Crippen LogP) is 3.28. The maximum atomic E-state index is 10.1. The molecule has 0 aromatic heterocycles. The van der Waals surface area contributed by atoms with Crippen LogP contribution in [0.5, 0.6) is 0 Å². The topological polar surface area (TPSA) is 23.5 Å². The Morgan fingerprint density at radius 2 is 2.18 bits per heavy atom. The average Bonchev–Trinajstić information content (AvgIpc) is 3.19. The van der Waals surface area contributed by atoms with Gasteiger partial charge in [-0.3, -0.25) is 0 Å². The second-order valence-corrected chi connectivity index (χ2v) is 4.66. The minimum absolute atomic E-state index is 0.364. The van der Waals surface area contributed by atoms with E-state index in [4.69, 9.17) is 0 Å². The number of nitrogens with zero attached hydrogens (tertiary/aromatic N) is 1. The number of aliphatic hydroxyl groups is 1. The highest BCUT2D eigenvalue weighted by Gasteiger charge is 2.30. The molecule has 0 aliphatic heterocycles. The summed E-state index contributed by atoms with van der Waals surface area (Å²) in [6.45, 7) is 6.70. The van der Waals surface area contributed by atoms with E-state index < -0.39 is 0 Å². The van der Waals surface area contributed by atoms with Crippen molar-refractivity contribution in [3.63, 3.8) is 0 Å². The molecule has 1 fully saturated rings. The van der Waals surface area contributed by atoms with Crippen LogP contribution in [0.25, 0.3) is 0 Å². The van der Waals surface area contributed by atoms with Crippen molar-refractivity contribution in [3.8, 4) is 0 Å². The van der Waals surface area contributed by atoms with E-state index in [2.05, 4.69) is 17.5 Å². The van der Waals surface area contributed by atoms with Crippen LogP contribution in [0.15, 0.2) is 36.9 Å². The Bertz CT molecular complexity index is 384. The maximum Gasteiger partial charge on any atom is 0.0807 e. The molecule has 0 bridgehead atoms. The summed E-state index contributed by atoms with van der Waals surface area (Å²) in [4.78, 5) is 2.36. The van der Waals surface area contributed by atoms with E-state index in [1.54, 1.807) is 0 Å². The molecule has 2 heteroatoms. The smallest absolute Gasteiger partial charge is 0.0807 e. The lowest BCUT2D eigenvalue weighted by Crippen LogP contribution is -2.27. The monoisotopic (exact) mass is 231 g/mol. The van der Waals surface area contributed by atoms with Crippen LogP contribution in [-0.2, 0) is 0 Å². The van der Waals surface area contributed by atoms with E-state index in [0.717, 1.165) is 18.5 Å². The quantitative estimate of drug-likeness (QED) is 0.759. The summed E-state index contributed by atoms with van der Waals surface area (Å²) in [5, 5.41) is 10.1. The third-order valence-corrected chi connectivity index (χ3v) is 3.31. The molecule has 1 atom stereocenters. The van der Waals surface area contributed by atoms with Gasteiger partial charge < -0.3 is 10.0 Å². The van der Waals surface area contributed by atoms with Crippen molar-refractivity contribution >= 4 is 5.69 Å². The Morgan fingerprint density at radius 1 is 1.47 bits per heavy atom. The summed E-state index contributed by atoms with van der Waals surface area (Å²) in [5.74, 6) is 0. The van der Waals surface area contributed by atoms with Crippen molar-refractivity contribution in [1.29, 1.82) is 0 Å². The highest BCUT2D eigenvalue weighted by Crippen LogP contribution is 2.36. The number of anilines is 1. The van der Waals surface area contributed by atoms with Crippen molar-refractivity contribution in [1.82, 2.24) is 0 Å². The second kappa shape index (κ2) is 5.37. The minimum Gasteiger partial charge on any atom is -0.388 e. The molecule has 1 aromatic carbocycles. The Balaban J connectivity index is 2.31. The minimum atomic E-state index is -0.364. The summed E-state index contributed by atoms with van der Waals surface area (Å²) < 4.78 is 0. The number of para-hydroxylation sites is 1. The van der Waals surface area contributed by atoms with Gasteiger partial charge in [-0.05, 0) is 25.3 Å². The zero-order valence-electron chi connectivity index (χ0n) is 10.5. The molecular formula is C15H21NO. The first kappa shape index (κ1) is 12.2. The molecule has 0 saturated heterocycles. The first-order valence-corrected chi connectivity index (χ1v) is 6.42. The predicted molar refractivity (Wildman–Crippen MR) is 72.3 cm³/mol. The lowest BCUT2D eigenvalue weighted by Gasteiger charge is -2.27. The molecule has 1 aliphatic rings. The molecule has 92 valence electrons. The fourth-order valence-corrected chi connectivity index (χ4v) is 2.22. The molecule has 0 amide bonds. The molecular weight excluding hydrogens is 210 g/mol. The van der Waals surface area contributed by atoms with Gasteiger partial charge in [-0.1, -0.05) is 31.2 Å². The third kappa shape index (κ3) is 2.70. The van der Waals surface area contributed by atoms with Crippen LogP contribution in [0.1, 0.15) is 37.9 Å². The third-order valence-electron chi connectivity index (χ3n) is 3.31. The molecule has 0 radical (unpaired) electrons. The molecule has 1 saturated carbocycles. The van der Waals surface area contributed by atoms with Gasteiger partial charge in [0.25, 0.3) is 0 Å². The van der Waals surface area contributed by atoms with Crippen molar-refractivity contribution < 1.29 is 5.11 Å². The number of rotatable bonds is 6. The fraction of sp³-hybridized carbons (Fsp3) is 0.467. The Labute approximate surface area is 104 Å². The van der Waals surface area contributed by atoms with Crippen LogP contribution in [0.2, 0.25) is 0 Å². The van der Waals surface area contributed by atoms with Gasteiger partial charge in [0.05, 0.1) is 6.10 Å². The lowest BCUT2D eigenvalue weighted by atomic mass is 10.0. The van der Waals surface area contributed by atoms with Gasteiger partial charge in [0, 0.05) is 23.8 Å². The zero-order valence-corrected chi connectivity index (χ0v) is 10.5. The van der Waals surface area contributed by atoms with Crippen LogP contribution in [0.3, 0.4) is 0 Å². The molecule has 0 spiro atoms. The Hall–Kier alpha value is -1.28. The molecule has 17 heavy (non-hydrogen) atoms. The molecule has 2 rings (SSSR count). The molecule has 1 N–H and O–H groups in total. The van der Waals surface area contributed by atoms with Crippen molar-refractivity contribution in [2.24, 2.45) is 0 Å². The van der Waals surface area contributed by atoms with Crippen LogP contribution in [-0.4, -0.2) is 17.7 Å². The highest BCUT2D eigenvalue weighted by molar-refractivity contribution is 5.56. The van der Waals surface area contributed by atoms with Gasteiger partial charge >= 0.3 is 0 Å². The first-order valence-electron chi connectivity index (χ1n) is 6.42. The molecule has 0 heterocycles. The van der Waals surface area contributed by atoms with E-state index in [-0.39, 0.29) is 6.10 Å². The Kier molecular flexibility index (Phi) is 3.85. The van der Waals surface area contributed by atoms with Crippen LogP contribution in [0, 0.1) is 0 Å². The van der Waals surface area contributed by atoms with E-state index in [1.807, 2.05) is 31.2 Å². The van der Waals surface area contributed by atoms with Crippen molar-refractivity contribution in [2.75, 3.05) is 11.4 Å². The zero-order chi connectivity index (χ0) is 12.3. The molecule has 0 unspecified atom stereocenters. The van der Waals surface area contributed by atoms with Gasteiger partial charge in [0.15, 0.2) is 0 Å². The van der Waals surface area contributed by atoms with Crippen LogP contribution in [0.4, 0.5) is 5.69 Å². The van der Waals surface area contributed by atoms with Gasteiger partial charge in [-0.25, -0.2) is 0 Å². The fourth-order valence-electron chi connectivity index (χ4n) is 2.22. The van der Waals surface area contributed by atoms with Crippen LogP contribution < -0.4 is 4.90 Å². The summed E-state index contributed by atoms with van der Waals surface area (Å²) in [5.41, 5.74) is 2.22. The van der Waals surface area contributed by atoms with Crippen molar-refractivity contribution in [3.05, 3.63) is 42.5 Å².